The van der Waals surface area contributed by atoms with Gasteiger partial charge in [-0.1, -0.05) is 48.5 Å². The summed E-state index contributed by atoms with van der Waals surface area (Å²) in [6.07, 6.45) is 0. The maximum absolute atomic E-state index is 5.73. The first-order chi connectivity index (χ1) is 8.36. The molecule has 0 saturated carbocycles. The fourth-order valence-electron chi connectivity index (χ4n) is 2.29. The first-order valence-electron chi connectivity index (χ1n) is 5.83. The first-order valence-corrected chi connectivity index (χ1v) is 5.83. The molecule has 0 fully saturated rings. The van der Waals surface area contributed by atoms with E-state index in [4.69, 9.17) is 4.74 Å². The van der Waals surface area contributed by atoms with Gasteiger partial charge in [0.2, 0.25) is 0 Å². The Morgan fingerprint density at radius 3 is 2.41 bits per heavy atom. The summed E-state index contributed by atoms with van der Waals surface area (Å²) in [6, 6.07) is 18.7. The number of benzene rings is 2. The van der Waals surface area contributed by atoms with Crippen molar-refractivity contribution < 1.29 is 4.74 Å². The fraction of sp³-hybridized carbons (Fsp3) is 0.125. The van der Waals surface area contributed by atoms with Crippen LogP contribution >= 0.6 is 0 Å². The fourth-order valence-corrected chi connectivity index (χ4v) is 2.29. The summed E-state index contributed by atoms with van der Waals surface area (Å²) in [7, 11) is 0. The lowest BCUT2D eigenvalue weighted by molar-refractivity contribution is 0.346. The molecule has 2 aromatic rings. The molecule has 0 unspecified atom stereocenters. The minimum absolute atomic E-state index is 0.682. The van der Waals surface area contributed by atoms with Crippen LogP contribution in [-0.2, 0) is 0 Å². The lowest BCUT2D eigenvalue weighted by atomic mass is 9.92. The molecule has 1 heteroatoms. The molecular formula is C16H14O. The van der Waals surface area contributed by atoms with Gasteiger partial charge in [0.25, 0.3) is 0 Å². The van der Waals surface area contributed by atoms with Crippen molar-refractivity contribution in [3.05, 3.63) is 71.3 Å². The molecule has 0 N–H and O–H groups in total. The van der Waals surface area contributed by atoms with E-state index in [1.165, 1.54) is 22.3 Å². The Bertz CT molecular complexity index is 567. The zero-order chi connectivity index (χ0) is 11.7. The Morgan fingerprint density at radius 1 is 0.882 bits per heavy atom. The van der Waals surface area contributed by atoms with Crippen molar-refractivity contribution in [3.63, 3.8) is 0 Å². The third-order valence-electron chi connectivity index (χ3n) is 3.09. The number of hydrogen-bond donors (Lipinski definition) is 0. The van der Waals surface area contributed by atoms with E-state index in [9.17, 15) is 0 Å². The zero-order valence-corrected chi connectivity index (χ0v) is 9.81. The van der Waals surface area contributed by atoms with E-state index in [2.05, 4.69) is 43.3 Å². The molecule has 0 bridgehead atoms. The summed E-state index contributed by atoms with van der Waals surface area (Å²) in [5, 5.41) is 0. The molecule has 84 valence electrons. The van der Waals surface area contributed by atoms with Crippen LogP contribution in [0.25, 0.3) is 5.57 Å². The van der Waals surface area contributed by atoms with Crippen molar-refractivity contribution in [3.8, 4) is 5.75 Å². The predicted molar refractivity (Wildman–Crippen MR) is 70.1 cm³/mol. The molecule has 0 atom stereocenters. The quantitative estimate of drug-likeness (QED) is 0.711. The molecule has 1 heterocycles. The van der Waals surface area contributed by atoms with Crippen molar-refractivity contribution >= 4 is 5.57 Å². The molecule has 0 radical (unpaired) electrons. The summed E-state index contributed by atoms with van der Waals surface area (Å²) >= 11 is 0. The molecule has 2 aromatic carbocycles. The number of fused-ring (bicyclic) bond motifs is 1. The second-order valence-electron chi connectivity index (χ2n) is 4.31. The van der Waals surface area contributed by atoms with Crippen LogP contribution < -0.4 is 4.74 Å². The number of ether oxygens (including phenoxy) is 1. The third kappa shape index (κ3) is 1.74. The van der Waals surface area contributed by atoms with Gasteiger partial charge >= 0.3 is 0 Å². The normalized spacial score (nSPS) is 14.2. The highest BCUT2D eigenvalue weighted by atomic mass is 16.5. The van der Waals surface area contributed by atoms with Gasteiger partial charge in [-0.3, -0.25) is 0 Å². The van der Waals surface area contributed by atoms with Crippen LogP contribution in [0.5, 0.6) is 5.75 Å². The summed E-state index contributed by atoms with van der Waals surface area (Å²) < 4.78 is 5.73. The number of hydrogen-bond acceptors (Lipinski definition) is 1. The Hall–Kier alpha value is -2.02. The molecule has 0 aromatic heterocycles. The van der Waals surface area contributed by atoms with Crippen molar-refractivity contribution in [2.24, 2.45) is 0 Å². The Kier molecular flexibility index (Phi) is 2.45. The smallest absolute Gasteiger partial charge is 0.127 e. The van der Waals surface area contributed by atoms with Gasteiger partial charge in [-0.2, -0.15) is 0 Å². The van der Waals surface area contributed by atoms with E-state index < -0.39 is 0 Å². The van der Waals surface area contributed by atoms with Crippen molar-refractivity contribution in [1.29, 1.82) is 0 Å². The molecule has 1 aliphatic rings. The van der Waals surface area contributed by atoms with Gasteiger partial charge < -0.3 is 4.74 Å². The molecule has 17 heavy (non-hydrogen) atoms. The van der Waals surface area contributed by atoms with E-state index in [1.54, 1.807) is 0 Å². The summed E-state index contributed by atoms with van der Waals surface area (Å²) in [5.74, 6) is 0.983. The van der Waals surface area contributed by atoms with E-state index in [0.717, 1.165) is 5.75 Å². The molecule has 1 nitrogen and oxygen atoms in total. The maximum Gasteiger partial charge on any atom is 0.127 e. The number of rotatable bonds is 1. The standard InChI is InChI=1S/C16H14O/c1-12-11-17-15-10-6-5-9-14(15)16(12)13-7-3-2-4-8-13/h2-10H,11H2,1H3. The summed E-state index contributed by atoms with van der Waals surface area (Å²) in [6.45, 7) is 2.82. The monoisotopic (exact) mass is 222 g/mol. The number of para-hydroxylation sites is 1. The zero-order valence-electron chi connectivity index (χ0n) is 9.81. The van der Waals surface area contributed by atoms with Gasteiger partial charge in [-0.15, -0.1) is 0 Å². The second-order valence-corrected chi connectivity index (χ2v) is 4.31. The van der Waals surface area contributed by atoms with Crippen LogP contribution in [-0.4, -0.2) is 6.61 Å². The predicted octanol–water partition coefficient (Wildman–Crippen LogP) is 3.90. The Balaban J connectivity index is 2.21. The van der Waals surface area contributed by atoms with Crippen LogP contribution in [0.2, 0.25) is 0 Å². The molecule has 1 aliphatic heterocycles. The topological polar surface area (TPSA) is 9.23 Å². The lowest BCUT2D eigenvalue weighted by Crippen LogP contribution is -2.10. The van der Waals surface area contributed by atoms with Crippen LogP contribution in [0, 0.1) is 0 Å². The van der Waals surface area contributed by atoms with Crippen LogP contribution in [0.1, 0.15) is 18.1 Å². The molecule has 0 amide bonds. The van der Waals surface area contributed by atoms with Crippen LogP contribution in [0.3, 0.4) is 0 Å². The highest BCUT2D eigenvalue weighted by Gasteiger charge is 2.18. The molecular weight excluding hydrogens is 208 g/mol. The first kappa shape index (κ1) is 10.2. The van der Waals surface area contributed by atoms with E-state index >= 15 is 0 Å². The van der Waals surface area contributed by atoms with Gasteiger partial charge in [0.15, 0.2) is 0 Å². The summed E-state index contributed by atoms with van der Waals surface area (Å²) in [5.41, 5.74) is 5.06. The maximum atomic E-state index is 5.73. The highest BCUT2D eigenvalue weighted by molar-refractivity contribution is 5.85. The molecule has 0 aliphatic carbocycles. The van der Waals surface area contributed by atoms with Crippen LogP contribution in [0.4, 0.5) is 0 Å². The van der Waals surface area contributed by atoms with Gasteiger partial charge in [0, 0.05) is 5.56 Å². The van der Waals surface area contributed by atoms with Crippen molar-refractivity contribution in [2.45, 2.75) is 6.92 Å². The SMILES string of the molecule is CC1=C(c2ccccc2)c2ccccc2OC1. The molecule has 3 rings (SSSR count). The van der Waals surface area contributed by atoms with E-state index in [0.29, 0.717) is 6.61 Å². The minimum atomic E-state index is 0.682. The Morgan fingerprint density at radius 2 is 1.59 bits per heavy atom. The van der Waals surface area contributed by atoms with Crippen molar-refractivity contribution in [1.82, 2.24) is 0 Å². The van der Waals surface area contributed by atoms with Gasteiger partial charge in [-0.25, -0.2) is 0 Å². The van der Waals surface area contributed by atoms with Crippen molar-refractivity contribution in [2.75, 3.05) is 6.61 Å². The largest absolute Gasteiger partial charge is 0.489 e. The third-order valence-corrected chi connectivity index (χ3v) is 3.09. The molecule has 0 spiro atoms. The minimum Gasteiger partial charge on any atom is -0.489 e. The lowest BCUT2D eigenvalue weighted by Gasteiger charge is -2.22. The summed E-state index contributed by atoms with van der Waals surface area (Å²) in [4.78, 5) is 0. The van der Waals surface area contributed by atoms with Gasteiger partial charge in [0.1, 0.15) is 12.4 Å². The van der Waals surface area contributed by atoms with E-state index in [1.807, 2.05) is 18.2 Å². The average molecular weight is 222 g/mol. The average Bonchev–Trinajstić information content (AvgIpc) is 2.39. The Labute approximate surface area is 101 Å². The van der Waals surface area contributed by atoms with Gasteiger partial charge in [0.05, 0.1) is 0 Å². The van der Waals surface area contributed by atoms with Crippen LogP contribution in [0.15, 0.2) is 60.2 Å². The second kappa shape index (κ2) is 4.10. The highest BCUT2D eigenvalue weighted by Crippen LogP contribution is 2.36. The van der Waals surface area contributed by atoms with E-state index in [-0.39, 0.29) is 0 Å². The van der Waals surface area contributed by atoms with Gasteiger partial charge in [-0.05, 0) is 29.7 Å². The molecule has 0 saturated heterocycles.